The molecule has 1 rings (SSSR count). The first-order chi connectivity index (χ1) is 8.59. The molecule has 0 fully saturated rings. The summed E-state index contributed by atoms with van der Waals surface area (Å²) in [7, 11) is 0. The molecule has 19 heavy (non-hydrogen) atoms. The smallest absolute Gasteiger partial charge is 0.306 e. The molecule has 0 bridgehead atoms. The van der Waals surface area contributed by atoms with Gasteiger partial charge in [-0.1, -0.05) is 12.1 Å². The van der Waals surface area contributed by atoms with E-state index in [9.17, 15) is 18.0 Å². The van der Waals surface area contributed by atoms with E-state index in [2.05, 4.69) is 5.32 Å². The van der Waals surface area contributed by atoms with Crippen molar-refractivity contribution in [3.05, 3.63) is 29.8 Å². The van der Waals surface area contributed by atoms with Gasteiger partial charge in [0.05, 0.1) is 16.9 Å². The number of hydrogen-bond acceptors (Lipinski definition) is 2. The van der Waals surface area contributed by atoms with E-state index in [4.69, 9.17) is 4.84 Å². The predicted molar refractivity (Wildman–Crippen MR) is 64.4 cm³/mol. The molecule has 0 spiro atoms. The average molecular weight is 276 g/mol. The Morgan fingerprint density at radius 2 is 1.74 bits per heavy atom. The van der Waals surface area contributed by atoms with Crippen LogP contribution in [0.25, 0.3) is 0 Å². The van der Waals surface area contributed by atoms with Gasteiger partial charge < -0.3 is 5.32 Å². The number of halogens is 3. The van der Waals surface area contributed by atoms with Crippen LogP contribution < -0.4 is 10.8 Å². The lowest BCUT2D eigenvalue weighted by Crippen LogP contribution is -2.36. The summed E-state index contributed by atoms with van der Waals surface area (Å²) in [6.45, 7) is 5.07. The van der Waals surface area contributed by atoms with Crippen LogP contribution in [-0.4, -0.2) is 11.6 Å². The van der Waals surface area contributed by atoms with Crippen molar-refractivity contribution < 1.29 is 22.8 Å². The Balaban J connectivity index is 2.75. The summed E-state index contributed by atoms with van der Waals surface area (Å²) in [6.07, 6.45) is -4.53. The number of carbonyl (C=O) groups is 1. The van der Waals surface area contributed by atoms with E-state index < -0.39 is 23.4 Å². The van der Waals surface area contributed by atoms with Gasteiger partial charge in [-0.15, -0.1) is 0 Å². The molecule has 106 valence electrons. The molecule has 0 heterocycles. The first kappa shape index (κ1) is 15.3. The number of hydroxylamine groups is 1. The van der Waals surface area contributed by atoms with Crippen molar-refractivity contribution in [1.29, 1.82) is 0 Å². The summed E-state index contributed by atoms with van der Waals surface area (Å²) >= 11 is 0. The third-order valence-corrected chi connectivity index (χ3v) is 1.93. The van der Waals surface area contributed by atoms with Crippen LogP contribution in [0.1, 0.15) is 26.3 Å². The van der Waals surface area contributed by atoms with Gasteiger partial charge in [0.25, 0.3) is 0 Å². The van der Waals surface area contributed by atoms with Gasteiger partial charge >= 0.3 is 12.2 Å². The molecule has 7 heteroatoms. The molecule has 4 nitrogen and oxygen atoms in total. The lowest BCUT2D eigenvalue weighted by molar-refractivity contribution is -0.136. The summed E-state index contributed by atoms with van der Waals surface area (Å²) in [6, 6.07) is 3.83. The molecule has 1 aromatic rings. The third kappa shape index (κ3) is 5.17. The van der Waals surface area contributed by atoms with Crippen molar-refractivity contribution in [1.82, 2.24) is 5.48 Å². The van der Waals surface area contributed by atoms with Gasteiger partial charge in [0.15, 0.2) is 0 Å². The Bertz CT molecular complexity index is 453. The Morgan fingerprint density at radius 3 is 2.26 bits per heavy atom. The highest BCUT2D eigenvalue weighted by atomic mass is 19.4. The maximum atomic E-state index is 12.7. The summed E-state index contributed by atoms with van der Waals surface area (Å²) < 4.78 is 38.0. The van der Waals surface area contributed by atoms with Crippen molar-refractivity contribution >= 4 is 11.7 Å². The van der Waals surface area contributed by atoms with Crippen LogP contribution in [0.15, 0.2) is 24.3 Å². The van der Waals surface area contributed by atoms with Gasteiger partial charge in [0.2, 0.25) is 0 Å². The van der Waals surface area contributed by atoms with Crippen molar-refractivity contribution in [2.24, 2.45) is 0 Å². The highest BCUT2D eigenvalue weighted by molar-refractivity contribution is 5.89. The van der Waals surface area contributed by atoms with Crippen molar-refractivity contribution in [3.63, 3.8) is 0 Å². The molecular formula is C12H15F3N2O2. The van der Waals surface area contributed by atoms with Crippen LogP contribution in [0.3, 0.4) is 0 Å². The fraction of sp³-hybridized carbons (Fsp3) is 0.417. The SMILES string of the molecule is CC(C)(C)ONC(=O)Nc1ccccc1C(F)(F)F. The minimum absolute atomic E-state index is 0.329. The first-order valence-corrected chi connectivity index (χ1v) is 5.51. The van der Waals surface area contributed by atoms with Crippen molar-refractivity contribution in [2.45, 2.75) is 32.5 Å². The maximum absolute atomic E-state index is 12.7. The Morgan fingerprint density at radius 1 is 1.16 bits per heavy atom. The zero-order chi connectivity index (χ0) is 14.7. The molecule has 2 amide bonds. The molecule has 0 aliphatic heterocycles. The quantitative estimate of drug-likeness (QED) is 0.811. The van der Waals surface area contributed by atoms with E-state index in [1.54, 1.807) is 20.8 Å². The molecule has 0 unspecified atom stereocenters. The number of amides is 2. The van der Waals surface area contributed by atoms with Crippen LogP contribution in [0.5, 0.6) is 0 Å². The fourth-order valence-electron chi connectivity index (χ4n) is 1.19. The number of carbonyl (C=O) groups excluding carboxylic acids is 1. The van der Waals surface area contributed by atoms with Gasteiger partial charge in [0, 0.05) is 0 Å². The third-order valence-electron chi connectivity index (χ3n) is 1.93. The normalized spacial score (nSPS) is 12.1. The number of hydrogen-bond donors (Lipinski definition) is 2. The molecule has 2 N–H and O–H groups in total. The maximum Gasteiger partial charge on any atom is 0.418 e. The van der Waals surface area contributed by atoms with E-state index in [1.807, 2.05) is 5.48 Å². The van der Waals surface area contributed by atoms with Crippen molar-refractivity contribution in [2.75, 3.05) is 5.32 Å². The van der Waals surface area contributed by atoms with Gasteiger partial charge in [-0.2, -0.15) is 13.2 Å². The van der Waals surface area contributed by atoms with Crippen molar-refractivity contribution in [3.8, 4) is 0 Å². The number of anilines is 1. The molecule has 0 aliphatic rings. The van der Waals surface area contributed by atoms with E-state index in [-0.39, 0.29) is 5.69 Å². The van der Waals surface area contributed by atoms with Crippen LogP contribution in [0.2, 0.25) is 0 Å². The highest BCUT2D eigenvalue weighted by Gasteiger charge is 2.33. The summed E-state index contributed by atoms with van der Waals surface area (Å²) in [5.41, 5.74) is 0.150. The Hall–Kier alpha value is -1.76. The average Bonchev–Trinajstić information content (AvgIpc) is 2.25. The minimum atomic E-state index is -4.53. The van der Waals surface area contributed by atoms with Gasteiger partial charge in [-0.3, -0.25) is 4.84 Å². The van der Waals surface area contributed by atoms with Crippen LogP contribution in [0.4, 0.5) is 23.7 Å². The Labute approximate surface area is 108 Å². The standard InChI is InChI=1S/C12H15F3N2O2/c1-11(2,3)19-17-10(18)16-9-7-5-4-6-8(9)12(13,14)15/h4-7H,1-3H3,(H2,16,17,18). The van der Waals surface area contributed by atoms with Crippen LogP contribution >= 0.6 is 0 Å². The zero-order valence-electron chi connectivity index (χ0n) is 10.8. The highest BCUT2D eigenvalue weighted by Crippen LogP contribution is 2.34. The van der Waals surface area contributed by atoms with Gasteiger partial charge in [-0.05, 0) is 32.9 Å². The molecular weight excluding hydrogens is 261 g/mol. The number of urea groups is 1. The molecule has 0 radical (unpaired) electrons. The second kappa shape index (κ2) is 5.48. The molecule has 0 saturated carbocycles. The number of benzene rings is 1. The molecule has 0 aliphatic carbocycles. The van der Waals surface area contributed by atoms with Gasteiger partial charge in [0.1, 0.15) is 0 Å². The number of nitrogens with one attached hydrogen (secondary N) is 2. The van der Waals surface area contributed by atoms with Crippen LogP contribution in [-0.2, 0) is 11.0 Å². The molecule has 0 aromatic heterocycles. The summed E-state index contributed by atoms with van der Waals surface area (Å²) in [4.78, 5) is 16.4. The van der Waals surface area contributed by atoms with Crippen LogP contribution in [0, 0.1) is 0 Å². The number of alkyl halides is 3. The topological polar surface area (TPSA) is 50.4 Å². The second-order valence-corrected chi connectivity index (χ2v) is 4.81. The zero-order valence-corrected chi connectivity index (χ0v) is 10.8. The molecule has 1 aromatic carbocycles. The molecule has 0 atom stereocenters. The lowest BCUT2D eigenvalue weighted by atomic mass is 10.1. The fourth-order valence-corrected chi connectivity index (χ4v) is 1.19. The van der Waals surface area contributed by atoms with E-state index in [0.717, 1.165) is 6.07 Å². The molecule has 0 saturated heterocycles. The van der Waals surface area contributed by atoms with E-state index >= 15 is 0 Å². The lowest BCUT2D eigenvalue weighted by Gasteiger charge is -2.20. The summed E-state index contributed by atoms with van der Waals surface area (Å²) in [5, 5.41) is 2.09. The monoisotopic (exact) mass is 276 g/mol. The second-order valence-electron chi connectivity index (χ2n) is 4.81. The number of para-hydroxylation sites is 1. The summed E-state index contributed by atoms with van der Waals surface area (Å²) in [5.74, 6) is 0. The first-order valence-electron chi connectivity index (χ1n) is 5.51. The largest absolute Gasteiger partial charge is 0.418 e. The van der Waals surface area contributed by atoms with Gasteiger partial charge in [-0.25, -0.2) is 10.3 Å². The number of rotatable bonds is 2. The minimum Gasteiger partial charge on any atom is -0.306 e. The Kier molecular flexibility index (Phi) is 4.41. The predicted octanol–water partition coefficient (Wildman–Crippen LogP) is 3.56. The van der Waals surface area contributed by atoms with E-state index in [1.165, 1.54) is 18.2 Å². The van der Waals surface area contributed by atoms with E-state index in [0.29, 0.717) is 0 Å².